The van der Waals surface area contributed by atoms with Crippen LogP contribution in [-0.2, 0) is 19.1 Å². The molecule has 29 heavy (non-hydrogen) atoms. The number of hydrogen-bond donors (Lipinski definition) is 0. The maximum absolute atomic E-state index is 11.9. The molecule has 0 aliphatic rings. The van der Waals surface area contributed by atoms with Gasteiger partial charge in [0, 0.05) is 36.8 Å². The highest BCUT2D eigenvalue weighted by Crippen LogP contribution is 2.06. The lowest BCUT2D eigenvalue weighted by atomic mass is 10.1. The van der Waals surface area contributed by atoms with Crippen LogP contribution in [0.3, 0.4) is 0 Å². The quantitative estimate of drug-likeness (QED) is 0.401. The molecule has 0 unspecified atom stereocenters. The number of ether oxygens (including phenoxy) is 2. The van der Waals surface area contributed by atoms with E-state index in [9.17, 15) is 19.2 Å². The van der Waals surface area contributed by atoms with Gasteiger partial charge in [-0.3, -0.25) is 19.2 Å². The van der Waals surface area contributed by atoms with E-state index >= 15 is 0 Å². The minimum atomic E-state index is -0.460. The van der Waals surface area contributed by atoms with Crippen molar-refractivity contribution in [2.24, 2.45) is 0 Å². The SMILES string of the molecule is O=C(CCCC(=O)OCCC(=O)c1ccccc1)OCCC(=O)c1ccccc1. The standard InChI is InChI=1S/C23H24O6/c24-20(18-8-3-1-4-9-18)14-16-28-22(26)12-7-13-23(27)29-17-15-21(25)19-10-5-2-6-11-19/h1-6,8-11H,7,12-17H2. The fraction of sp³-hybridized carbons (Fsp3) is 0.304. The van der Waals surface area contributed by atoms with Gasteiger partial charge in [0.15, 0.2) is 11.6 Å². The highest BCUT2D eigenvalue weighted by Gasteiger charge is 2.11. The summed E-state index contributed by atoms with van der Waals surface area (Å²) in [7, 11) is 0. The molecular formula is C23H24O6. The van der Waals surface area contributed by atoms with Crippen molar-refractivity contribution in [1.82, 2.24) is 0 Å². The second-order valence-corrected chi connectivity index (χ2v) is 6.37. The molecular weight excluding hydrogens is 372 g/mol. The Morgan fingerprint density at radius 2 is 0.931 bits per heavy atom. The van der Waals surface area contributed by atoms with Crippen molar-refractivity contribution >= 4 is 23.5 Å². The first-order valence-electron chi connectivity index (χ1n) is 9.54. The number of carbonyl (C=O) groups is 4. The van der Waals surface area contributed by atoms with E-state index in [0.717, 1.165) is 0 Å². The Morgan fingerprint density at radius 1 is 0.552 bits per heavy atom. The highest BCUT2D eigenvalue weighted by molar-refractivity contribution is 5.96. The van der Waals surface area contributed by atoms with E-state index in [1.807, 2.05) is 12.1 Å². The van der Waals surface area contributed by atoms with E-state index in [0.29, 0.717) is 11.1 Å². The van der Waals surface area contributed by atoms with Crippen molar-refractivity contribution in [2.75, 3.05) is 13.2 Å². The van der Waals surface area contributed by atoms with E-state index < -0.39 is 11.9 Å². The number of rotatable bonds is 12. The smallest absolute Gasteiger partial charge is 0.305 e. The summed E-state index contributed by atoms with van der Waals surface area (Å²) >= 11 is 0. The molecule has 0 N–H and O–H groups in total. The van der Waals surface area contributed by atoms with E-state index in [1.54, 1.807) is 48.5 Å². The molecule has 0 saturated heterocycles. The average molecular weight is 396 g/mol. The summed E-state index contributed by atoms with van der Waals surface area (Å²) in [5, 5.41) is 0. The van der Waals surface area contributed by atoms with Crippen molar-refractivity contribution in [3.8, 4) is 0 Å². The molecule has 0 fully saturated rings. The molecule has 0 spiro atoms. The van der Waals surface area contributed by atoms with Gasteiger partial charge in [-0.05, 0) is 6.42 Å². The lowest BCUT2D eigenvalue weighted by molar-refractivity contribution is -0.145. The number of Topliss-reactive ketones (excluding diaryl/α,β-unsaturated/α-hetero) is 2. The third kappa shape index (κ3) is 8.51. The fourth-order valence-electron chi connectivity index (χ4n) is 2.57. The summed E-state index contributed by atoms with van der Waals surface area (Å²) in [6.07, 6.45) is 0.659. The molecule has 0 bridgehead atoms. The lowest BCUT2D eigenvalue weighted by Crippen LogP contribution is -2.12. The van der Waals surface area contributed by atoms with Gasteiger partial charge in [0.2, 0.25) is 0 Å². The number of hydrogen-bond acceptors (Lipinski definition) is 6. The molecule has 0 saturated carbocycles. The van der Waals surface area contributed by atoms with Crippen LogP contribution in [0.1, 0.15) is 52.8 Å². The maximum atomic E-state index is 11.9. The minimum absolute atomic E-state index is 0.0125. The molecule has 2 aromatic carbocycles. The van der Waals surface area contributed by atoms with Crippen LogP contribution in [0.25, 0.3) is 0 Å². The van der Waals surface area contributed by atoms with E-state index in [1.165, 1.54) is 0 Å². The summed E-state index contributed by atoms with van der Waals surface area (Å²) in [5.74, 6) is -1.10. The second-order valence-electron chi connectivity index (χ2n) is 6.37. The Balaban J connectivity index is 1.52. The van der Waals surface area contributed by atoms with Gasteiger partial charge in [-0.25, -0.2) is 0 Å². The molecule has 152 valence electrons. The Hall–Kier alpha value is -3.28. The predicted molar refractivity (Wildman–Crippen MR) is 107 cm³/mol. The average Bonchev–Trinajstić information content (AvgIpc) is 2.75. The van der Waals surface area contributed by atoms with Crippen molar-refractivity contribution in [3.05, 3.63) is 71.8 Å². The molecule has 0 radical (unpaired) electrons. The van der Waals surface area contributed by atoms with Crippen LogP contribution < -0.4 is 0 Å². The zero-order valence-electron chi connectivity index (χ0n) is 16.2. The Labute approximate surface area is 169 Å². The van der Waals surface area contributed by atoms with Crippen LogP contribution in [0.15, 0.2) is 60.7 Å². The van der Waals surface area contributed by atoms with Crippen LogP contribution in [0.4, 0.5) is 0 Å². The molecule has 2 rings (SSSR count). The minimum Gasteiger partial charge on any atom is -0.465 e. The molecule has 0 atom stereocenters. The zero-order valence-corrected chi connectivity index (χ0v) is 16.2. The Morgan fingerprint density at radius 3 is 1.31 bits per heavy atom. The van der Waals surface area contributed by atoms with Gasteiger partial charge in [0.1, 0.15) is 0 Å². The van der Waals surface area contributed by atoms with Crippen LogP contribution in [-0.4, -0.2) is 36.7 Å². The molecule has 0 aromatic heterocycles. The van der Waals surface area contributed by atoms with E-state index in [2.05, 4.69) is 0 Å². The number of carbonyl (C=O) groups excluding carboxylic acids is 4. The van der Waals surface area contributed by atoms with Crippen LogP contribution in [0.2, 0.25) is 0 Å². The topological polar surface area (TPSA) is 86.7 Å². The molecule has 2 aromatic rings. The number of benzene rings is 2. The van der Waals surface area contributed by atoms with Gasteiger partial charge < -0.3 is 9.47 Å². The van der Waals surface area contributed by atoms with Crippen molar-refractivity contribution in [3.63, 3.8) is 0 Å². The molecule has 6 heteroatoms. The fourth-order valence-corrected chi connectivity index (χ4v) is 2.57. The van der Waals surface area contributed by atoms with Crippen LogP contribution >= 0.6 is 0 Å². The third-order valence-corrected chi connectivity index (χ3v) is 4.14. The third-order valence-electron chi connectivity index (χ3n) is 4.14. The molecule has 0 aliphatic carbocycles. The van der Waals surface area contributed by atoms with E-state index in [4.69, 9.17) is 9.47 Å². The van der Waals surface area contributed by atoms with Crippen LogP contribution in [0.5, 0.6) is 0 Å². The number of ketones is 2. The van der Waals surface area contributed by atoms with Gasteiger partial charge in [0.05, 0.1) is 13.2 Å². The Kier molecular flexibility index (Phi) is 9.29. The summed E-state index contributed by atoms with van der Waals surface area (Å²) < 4.78 is 10.0. The van der Waals surface area contributed by atoms with Gasteiger partial charge in [-0.1, -0.05) is 60.7 Å². The Bertz CT molecular complexity index is 744. The van der Waals surface area contributed by atoms with Crippen molar-refractivity contribution in [1.29, 1.82) is 0 Å². The van der Waals surface area contributed by atoms with Crippen molar-refractivity contribution < 1.29 is 28.7 Å². The van der Waals surface area contributed by atoms with Crippen molar-refractivity contribution in [2.45, 2.75) is 32.1 Å². The summed E-state index contributed by atoms with van der Waals surface area (Å²) in [6, 6.07) is 17.6. The summed E-state index contributed by atoms with van der Waals surface area (Å²) in [6.45, 7) is 0.0250. The predicted octanol–water partition coefficient (Wildman–Crippen LogP) is 3.79. The van der Waals surface area contributed by atoms with Gasteiger partial charge in [-0.15, -0.1) is 0 Å². The largest absolute Gasteiger partial charge is 0.465 e. The van der Waals surface area contributed by atoms with Crippen LogP contribution in [0, 0.1) is 0 Å². The van der Waals surface area contributed by atoms with E-state index in [-0.39, 0.29) is 56.9 Å². The maximum Gasteiger partial charge on any atom is 0.305 e. The first kappa shape index (κ1) is 22.0. The molecule has 0 heterocycles. The monoisotopic (exact) mass is 396 g/mol. The van der Waals surface area contributed by atoms with Gasteiger partial charge in [0.25, 0.3) is 0 Å². The normalized spacial score (nSPS) is 10.2. The second kappa shape index (κ2) is 12.2. The van der Waals surface area contributed by atoms with Gasteiger partial charge in [-0.2, -0.15) is 0 Å². The number of esters is 2. The molecule has 0 amide bonds. The molecule has 6 nitrogen and oxygen atoms in total. The summed E-state index contributed by atoms with van der Waals surface area (Å²) in [5.41, 5.74) is 1.16. The first-order valence-corrected chi connectivity index (χ1v) is 9.54. The first-order chi connectivity index (χ1) is 14.1. The lowest BCUT2D eigenvalue weighted by Gasteiger charge is -2.06. The highest BCUT2D eigenvalue weighted by atomic mass is 16.5. The van der Waals surface area contributed by atoms with Gasteiger partial charge >= 0.3 is 11.9 Å². The zero-order chi connectivity index (χ0) is 20.9. The molecule has 0 aliphatic heterocycles. The summed E-state index contributed by atoms with van der Waals surface area (Å²) in [4.78, 5) is 47.1.